The molecule has 4 aliphatic rings. The normalized spacial score (nSPS) is 40.8. The summed E-state index contributed by atoms with van der Waals surface area (Å²) in [6.07, 6.45) is 7.01. The van der Waals surface area contributed by atoms with Gasteiger partial charge >= 0.3 is 5.97 Å². The lowest BCUT2D eigenvalue weighted by atomic mass is 9.52. The maximum atomic E-state index is 11.9. The van der Waals surface area contributed by atoms with Crippen LogP contribution in [0.2, 0.25) is 0 Å². The van der Waals surface area contributed by atoms with E-state index in [4.69, 9.17) is 5.11 Å². The van der Waals surface area contributed by atoms with E-state index < -0.39 is 5.97 Å². The minimum absolute atomic E-state index is 0.0700. The van der Waals surface area contributed by atoms with Crippen LogP contribution in [0.25, 0.3) is 0 Å². The molecule has 4 aliphatic carbocycles. The number of hydrogen-bond acceptors (Lipinski definition) is 2. The van der Waals surface area contributed by atoms with E-state index in [1.54, 1.807) is 4.90 Å². The SMILES string of the molecule is CC(=O)N(CC(=O)O)C12CC3CC(CC(C3)C1)C2. The molecule has 0 heterocycles. The van der Waals surface area contributed by atoms with Crippen molar-refractivity contribution in [2.75, 3.05) is 6.54 Å². The molecular formula is C14H21NO3. The Hall–Kier alpha value is -1.06. The van der Waals surface area contributed by atoms with Crippen molar-refractivity contribution in [1.82, 2.24) is 4.90 Å². The summed E-state index contributed by atoms with van der Waals surface area (Å²) in [7, 11) is 0. The van der Waals surface area contributed by atoms with Crippen LogP contribution < -0.4 is 0 Å². The summed E-state index contributed by atoms with van der Waals surface area (Å²) < 4.78 is 0. The molecular weight excluding hydrogens is 230 g/mol. The van der Waals surface area contributed by atoms with Gasteiger partial charge in [0.05, 0.1) is 0 Å². The van der Waals surface area contributed by atoms with Crippen molar-refractivity contribution in [1.29, 1.82) is 0 Å². The number of aliphatic carboxylic acids is 1. The first-order valence-electron chi connectivity index (χ1n) is 6.98. The Balaban J connectivity index is 1.88. The van der Waals surface area contributed by atoms with Gasteiger partial charge < -0.3 is 10.0 Å². The Morgan fingerprint density at radius 2 is 1.56 bits per heavy atom. The van der Waals surface area contributed by atoms with Gasteiger partial charge in [0.1, 0.15) is 6.54 Å². The molecule has 4 saturated carbocycles. The van der Waals surface area contributed by atoms with E-state index in [0.29, 0.717) is 0 Å². The third-order valence-electron chi connectivity index (χ3n) is 5.25. The number of carbonyl (C=O) groups is 2. The van der Waals surface area contributed by atoms with Gasteiger partial charge in [0.25, 0.3) is 0 Å². The summed E-state index contributed by atoms with van der Waals surface area (Å²) in [4.78, 5) is 24.5. The molecule has 0 atom stereocenters. The number of carboxylic acid groups (broad SMARTS) is 1. The molecule has 1 N–H and O–H groups in total. The Morgan fingerprint density at radius 1 is 1.11 bits per heavy atom. The average Bonchev–Trinajstić information content (AvgIpc) is 2.23. The molecule has 18 heavy (non-hydrogen) atoms. The van der Waals surface area contributed by atoms with Crippen LogP contribution in [-0.2, 0) is 9.59 Å². The molecule has 0 saturated heterocycles. The predicted molar refractivity (Wildman–Crippen MR) is 65.9 cm³/mol. The van der Waals surface area contributed by atoms with Crippen LogP contribution in [0, 0.1) is 17.8 Å². The monoisotopic (exact) mass is 251 g/mol. The van der Waals surface area contributed by atoms with Gasteiger partial charge in [-0.05, 0) is 56.3 Å². The van der Waals surface area contributed by atoms with Crippen molar-refractivity contribution >= 4 is 11.9 Å². The summed E-state index contributed by atoms with van der Waals surface area (Å²) in [6.45, 7) is 1.39. The summed E-state index contributed by atoms with van der Waals surface area (Å²) in [5.41, 5.74) is -0.126. The summed E-state index contributed by atoms with van der Waals surface area (Å²) in [6, 6.07) is 0. The molecule has 0 aromatic carbocycles. The fraction of sp³-hybridized carbons (Fsp3) is 0.857. The van der Waals surface area contributed by atoms with Crippen LogP contribution in [0.5, 0.6) is 0 Å². The summed E-state index contributed by atoms with van der Waals surface area (Å²) >= 11 is 0. The zero-order chi connectivity index (χ0) is 12.9. The van der Waals surface area contributed by atoms with Gasteiger partial charge in [-0.1, -0.05) is 0 Å². The van der Waals surface area contributed by atoms with Crippen LogP contribution in [0.3, 0.4) is 0 Å². The van der Waals surface area contributed by atoms with E-state index in [1.807, 2.05) is 0 Å². The zero-order valence-corrected chi connectivity index (χ0v) is 10.9. The average molecular weight is 251 g/mol. The van der Waals surface area contributed by atoms with E-state index in [1.165, 1.54) is 26.2 Å². The maximum Gasteiger partial charge on any atom is 0.323 e. The molecule has 0 unspecified atom stereocenters. The fourth-order valence-corrected chi connectivity index (χ4v) is 5.14. The molecule has 4 rings (SSSR count). The predicted octanol–water partition coefficient (Wildman–Crippen LogP) is 1.89. The third kappa shape index (κ3) is 1.82. The zero-order valence-electron chi connectivity index (χ0n) is 10.9. The standard InChI is InChI=1S/C14H21NO3/c1-9(16)15(8-13(17)18)14-5-10-2-11(6-14)4-12(3-10)7-14/h10-12H,2-8H2,1H3,(H,17,18). The lowest BCUT2D eigenvalue weighted by Crippen LogP contribution is -2.62. The van der Waals surface area contributed by atoms with Crippen molar-refractivity contribution in [2.45, 2.75) is 51.0 Å². The molecule has 4 bridgehead atoms. The van der Waals surface area contributed by atoms with Gasteiger partial charge in [-0.15, -0.1) is 0 Å². The van der Waals surface area contributed by atoms with Gasteiger partial charge in [0.2, 0.25) is 5.91 Å². The van der Waals surface area contributed by atoms with Crippen molar-refractivity contribution in [3.63, 3.8) is 0 Å². The second-order valence-electron chi connectivity index (χ2n) is 6.64. The van der Waals surface area contributed by atoms with Gasteiger partial charge in [0.15, 0.2) is 0 Å². The number of hydrogen-bond donors (Lipinski definition) is 1. The van der Waals surface area contributed by atoms with Crippen molar-refractivity contribution < 1.29 is 14.7 Å². The molecule has 0 radical (unpaired) electrons. The van der Waals surface area contributed by atoms with Crippen LogP contribution in [-0.4, -0.2) is 34.0 Å². The largest absolute Gasteiger partial charge is 0.480 e. The minimum Gasteiger partial charge on any atom is -0.480 e. The lowest BCUT2D eigenvalue weighted by Gasteiger charge is -2.60. The molecule has 4 heteroatoms. The van der Waals surface area contributed by atoms with Gasteiger partial charge in [-0.2, -0.15) is 0 Å². The highest BCUT2D eigenvalue weighted by atomic mass is 16.4. The highest BCUT2D eigenvalue weighted by Gasteiger charge is 2.54. The number of carboxylic acids is 1. The van der Waals surface area contributed by atoms with Crippen molar-refractivity contribution in [2.24, 2.45) is 17.8 Å². The number of carbonyl (C=O) groups excluding carboxylic acids is 1. The van der Waals surface area contributed by atoms with E-state index in [9.17, 15) is 9.59 Å². The smallest absolute Gasteiger partial charge is 0.323 e. The first-order valence-corrected chi connectivity index (χ1v) is 6.98. The summed E-state index contributed by atoms with van der Waals surface area (Å²) in [5, 5.41) is 9.04. The molecule has 0 spiro atoms. The first kappa shape index (κ1) is 12.0. The fourth-order valence-electron chi connectivity index (χ4n) is 5.14. The van der Waals surface area contributed by atoms with Gasteiger partial charge in [-0.3, -0.25) is 9.59 Å². The van der Waals surface area contributed by atoms with Crippen molar-refractivity contribution in [3.05, 3.63) is 0 Å². The van der Waals surface area contributed by atoms with Gasteiger partial charge in [0, 0.05) is 12.5 Å². The van der Waals surface area contributed by atoms with Crippen LogP contribution in [0.1, 0.15) is 45.4 Å². The molecule has 0 aromatic heterocycles. The molecule has 0 aliphatic heterocycles. The topological polar surface area (TPSA) is 57.6 Å². The molecule has 4 nitrogen and oxygen atoms in total. The molecule has 1 amide bonds. The number of nitrogens with zero attached hydrogens (tertiary/aromatic N) is 1. The Labute approximate surface area is 107 Å². The molecule has 100 valence electrons. The quantitative estimate of drug-likeness (QED) is 0.833. The van der Waals surface area contributed by atoms with E-state index in [-0.39, 0.29) is 18.0 Å². The van der Waals surface area contributed by atoms with E-state index in [2.05, 4.69) is 0 Å². The second kappa shape index (κ2) is 3.97. The Bertz CT molecular complexity index is 355. The molecule has 0 aromatic rings. The molecule has 4 fully saturated rings. The number of rotatable bonds is 3. The van der Waals surface area contributed by atoms with Crippen LogP contribution in [0.15, 0.2) is 0 Å². The Morgan fingerprint density at radius 3 is 1.89 bits per heavy atom. The van der Waals surface area contributed by atoms with Crippen LogP contribution in [0.4, 0.5) is 0 Å². The lowest BCUT2D eigenvalue weighted by molar-refractivity contribution is -0.158. The minimum atomic E-state index is -0.888. The Kier molecular flexibility index (Phi) is 2.65. The third-order valence-corrected chi connectivity index (χ3v) is 5.25. The van der Waals surface area contributed by atoms with E-state index >= 15 is 0 Å². The maximum absolute atomic E-state index is 11.9. The summed E-state index contributed by atoms with van der Waals surface area (Å²) in [5.74, 6) is 1.23. The van der Waals surface area contributed by atoms with Gasteiger partial charge in [-0.25, -0.2) is 0 Å². The van der Waals surface area contributed by atoms with E-state index in [0.717, 1.165) is 37.0 Å². The first-order chi connectivity index (χ1) is 8.48. The highest BCUT2D eigenvalue weighted by molar-refractivity contribution is 5.80. The number of amides is 1. The van der Waals surface area contributed by atoms with Crippen LogP contribution >= 0.6 is 0 Å². The highest BCUT2D eigenvalue weighted by Crippen LogP contribution is 2.57. The second-order valence-corrected chi connectivity index (χ2v) is 6.64. The van der Waals surface area contributed by atoms with Crippen molar-refractivity contribution in [3.8, 4) is 0 Å².